The molecule has 1 aromatic carbocycles. The summed E-state index contributed by atoms with van der Waals surface area (Å²) in [5.74, 6) is 0.293. The number of benzene rings is 1. The molecule has 0 aliphatic heterocycles. The number of ether oxygens (including phenoxy) is 2. The molecule has 0 spiro atoms. The third-order valence-electron chi connectivity index (χ3n) is 2.75. The molecule has 1 amide bonds. The third-order valence-corrected chi connectivity index (χ3v) is 2.98. The van der Waals surface area contributed by atoms with Crippen LogP contribution >= 0.6 is 11.6 Å². The Balaban J connectivity index is 3.32. The first-order valence-electron chi connectivity index (χ1n) is 5.61. The van der Waals surface area contributed by atoms with Crippen LogP contribution in [-0.4, -0.2) is 32.2 Å². The second-order valence-corrected chi connectivity index (χ2v) is 4.13. The van der Waals surface area contributed by atoms with Crippen molar-refractivity contribution in [3.63, 3.8) is 0 Å². The zero-order valence-corrected chi connectivity index (χ0v) is 11.8. The Morgan fingerprint density at radius 3 is 2.61 bits per heavy atom. The summed E-state index contributed by atoms with van der Waals surface area (Å²) in [6.07, 6.45) is -0.411. The van der Waals surface area contributed by atoms with E-state index in [0.717, 1.165) is 5.56 Å². The van der Waals surface area contributed by atoms with Crippen LogP contribution in [0.1, 0.15) is 12.5 Å². The molecule has 0 saturated carbocycles. The van der Waals surface area contributed by atoms with E-state index in [1.165, 1.54) is 4.90 Å². The average Bonchev–Trinajstić information content (AvgIpc) is 2.39. The van der Waals surface area contributed by atoms with Crippen LogP contribution in [0.4, 0.5) is 5.69 Å². The van der Waals surface area contributed by atoms with Crippen LogP contribution in [0.25, 0.3) is 0 Å². The van der Waals surface area contributed by atoms with Crippen LogP contribution in [0, 0.1) is 6.92 Å². The number of halogens is 1. The number of carbonyl (C=O) groups is 1. The number of para-hydroxylation sites is 1. The number of alkyl halides is 1. The third kappa shape index (κ3) is 2.94. The maximum atomic E-state index is 12.0. The number of aryl methyl sites for hydroxylation is 1. The fourth-order valence-electron chi connectivity index (χ4n) is 1.78. The molecule has 1 unspecified atom stereocenters. The van der Waals surface area contributed by atoms with Gasteiger partial charge in [0, 0.05) is 7.11 Å². The van der Waals surface area contributed by atoms with Crippen molar-refractivity contribution in [2.45, 2.75) is 20.1 Å². The number of hydrogen-bond acceptors (Lipinski definition) is 3. The Bertz CT molecular complexity index is 423. The van der Waals surface area contributed by atoms with E-state index in [1.54, 1.807) is 27.2 Å². The van der Waals surface area contributed by atoms with E-state index in [1.807, 2.05) is 19.1 Å². The van der Waals surface area contributed by atoms with Crippen molar-refractivity contribution in [3.8, 4) is 5.75 Å². The van der Waals surface area contributed by atoms with Gasteiger partial charge in [-0.25, -0.2) is 0 Å². The van der Waals surface area contributed by atoms with Gasteiger partial charge in [-0.1, -0.05) is 12.1 Å². The molecule has 100 valence electrons. The molecule has 0 aliphatic carbocycles. The van der Waals surface area contributed by atoms with Crippen molar-refractivity contribution < 1.29 is 14.3 Å². The second-order valence-electron chi connectivity index (χ2n) is 3.86. The van der Waals surface area contributed by atoms with E-state index in [9.17, 15) is 4.79 Å². The lowest BCUT2D eigenvalue weighted by atomic mass is 10.1. The number of amides is 1. The molecule has 1 aromatic rings. The van der Waals surface area contributed by atoms with Crippen molar-refractivity contribution in [3.05, 3.63) is 23.8 Å². The lowest BCUT2D eigenvalue weighted by Crippen LogP contribution is -2.41. The minimum Gasteiger partial charge on any atom is -0.495 e. The molecular formula is C13H18ClNO3. The second kappa shape index (κ2) is 6.61. The number of carbonyl (C=O) groups excluding carboxylic acids is 1. The van der Waals surface area contributed by atoms with Crippen molar-refractivity contribution in [2.75, 3.05) is 25.0 Å². The SMILES string of the molecule is COc1cccc(C)c1N(C(=O)CCl)C(C)OC. The van der Waals surface area contributed by atoms with Gasteiger partial charge in [0.15, 0.2) is 0 Å². The van der Waals surface area contributed by atoms with Gasteiger partial charge in [-0.3, -0.25) is 9.69 Å². The topological polar surface area (TPSA) is 38.8 Å². The molecule has 1 atom stereocenters. The summed E-state index contributed by atoms with van der Waals surface area (Å²) < 4.78 is 10.5. The minimum absolute atomic E-state index is 0.106. The summed E-state index contributed by atoms with van der Waals surface area (Å²) in [6.45, 7) is 3.70. The Morgan fingerprint density at radius 2 is 2.11 bits per heavy atom. The van der Waals surface area contributed by atoms with E-state index < -0.39 is 6.23 Å². The van der Waals surface area contributed by atoms with Gasteiger partial charge in [0.25, 0.3) is 0 Å². The Labute approximate surface area is 112 Å². The average molecular weight is 272 g/mol. The highest BCUT2D eigenvalue weighted by atomic mass is 35.5. The van der Waals surface area contributed by atoms with Crippen LogP contribution in [0.2, 0.25) is 0 Å². The van der Waals surface area contributed by atoms with Crippen molar-refractivity contribution in [1.29, 1.82) is 0 Å². The number of hydrogen-bond donors (Lipinski definition) is 0. The van der Waals surface area contributed by atoms with Gasteiger partial charge in [-0.05, 0) is 25.5 Å². The molecular weight excluding hydrogens is 254 g/mol. The molecule has 0 radical (unpaired) electrons. The first-order chi connectivity index (χ1) is 8.56. The van der Waals surface area contributed by atoms with E-state index in [-0.39, 0.29) is 11.8 Å². The summed E-state index contributed by atoms with van der Waals surface area (Å²) in [5.41, 5.74) is 1.62. The molecule has 1 rings (SSSR count). The lowest BCUT2D eigenvalue weighted by Gasteiger charge is -2.30. The Kier molecular flexibility index (Phi) is 5.44. The summed E-state index contributed by atoms with van der Waals surface area (Å²) in [6, 6.07) is 5.59. The van der Waals surface area contributed by atoms with Gasteiger partial charge in [0.05, 0.1) is 12.8 Å². The van der Waals surface area contributed by atoms with Crippen LogP contribution in [0.5, 0.6) is 5.75 Å². The number of anilines is 1. The monoisotopic (exact) mass is 271 g/mol. The van der Waals surface area contributed by atoms with Crippen molar-refractivity contribution in [2.24, 2.45) is 0 Å². The zero-order valence-electron chi connectivity index (χ0n) is 11.1. The molecule has 0 fully saturated rings. The number of rotatable bonds is 5. The summed E-state index contributed by atoms with van der Waals surface area (Å²) in [7, 11) is 3.11. The van der Waals surface area contributed by atoms with Gasteiger partial charge in [0.1, 0.15) is 17.9 Å². The van der Waals surface area contributed by atoms with E-state index in [2.05, 4.69) is 0 Å². The summed E-state index contributed by atoms with van der Waals surface area (Å²) in [5, 5.41) is 0. The van der Waals surface area contributed by atoms with Gasteiger partial charge < -0.3 is 9.47 Å². The highest BCUT2D eigenvalue weighted by Gasteiger charge is 2.25. The van der Waals surface area contributed by atoms with E-state index >= 15 is 0 Å². The Hall–Kier alpha value is -1.26. The number of nitrogens with zero attached hydrogens (tertiary/aromatic N) is 1. The maximum Gasteiger partial charge on any atom is 0.244 e. The fraction of sp³-hybridized carbons (Fsp3) is 0.462. The predicted octanol–water partition coefficient (Wildman–Crippen LogP) is 2.57. The highest BCUT2D eigenvalue weighted by molar-refractivity contribution is 6.29. The largest absolute Gasteiger partial charge is 0.495 e. The van der Waals surface area contributed by atoms with Crippen molar-refractivity contribution in [1.82, 2.24) is 0 Å². The standard InChI is InChI=1S/C13H18ClNO3/c1-9-6-5-7-11(18-4)13(9)15(10(2)17-3)12(16)8-14/h5-7,10H,8H2,1-4H3. The van der Waals surface area contributed by atoms with Crippen LogP contribution in [-0.2, 0) is 9.53 Å². The van der Waals surface area contributed by atoms with Crippen molar-refractivity contribution >= 4 is 23.2 Å². The maximum absolute atomic E-state index is 12.0. The predicted molar refractivity (Wildman–Crippen MR) is 72.4 cm³/mol. The first kappa shape index (κ1) is 14.8. The molecule has 0 saturated heterocycles. The number of methoxy groups -OCH3 is 2. The smallest absolute Gasteiger partial charge is 0.244 e. The molecule has 0 heterocycles. The molecule has 18 heavy (non-hydrogen) atoms. The molecule has 0 aliphatic rings. The minimum atomic E-state index is -0.411. The van der Waals surface area contributed by atoms with Crippen LogP contribution in [0.3, 0.4) is 0 Å². The van der Waals surface area contributed by atoms with Crippen LogP contribution < -0.4 is 9.64 Å². The summed E-state index contributed by atoms with van der Waals surface area (Å²) >= 11 is 5.66. The molecule has 4 nitrogen and oxygen atoms in total. The zero-order chi connectivity index (χ0) is 13.7. The quantitative estimate of drug-likeness (QED) is 0.610. The van der Waals surface area contributed by atoms with Gasteiger partial charge in [-0.15, -0.1) is 11.6 Å². The molecule has 5 heteroatoms. The fourth-order valence-corrected chi connectivity index (χ4v) is 1.91. The Morgan fingerprint density at radius 1 is 1.44 bits per heavy atom. The normalized spacial score (nSPS) is 12.1. The molecule has 0 N–H and O–H groups in total. The van der Waals surface area contributed by atoms with E-state index in [4.69, 9.17) is 21.1 Å². The molecule has 0 bridgehead atoms. The summed E-state index contributed by atoms with van der Waals surface area (Å²) in [4.78, 5) is 13.5. The lowest BCUT2D eigenvalue weighted by molar-refractivity contribution is -0.118. The van der Waals surface area contributed by atoms with Crippen LogP contribution in [0.15, 0.2) is 18.2 Å². The van der Waals surface area contributed by atoms with Gasteiger partial charge in [-0.2, -0.15) is 0 Å². The van der Waals surface area contributed by atoms with Gasteiger partial charge in [0.2, 0.25) is 5.91 Å². The first-order valence-corrected chi connectivity index (χ1v) is 6.14. The molecule has 0 aromatic heterocycles. The van der Waals surface area contributed by atoms with Gasteiger partial charge >= 0.3 is 0 Å². The van der Waals surface area contributed by atoms with E-state index in [0.29, 0.717) is 11.4 Å². The highest BCUT2D eigenvalue weighted by Crippen LogP contribution is 2.33.